The molecule has 0 spiro atoms. The van der Waals surface area contributed by atoms with Gasteiger partial charge in [-0.25, -0.2) is 0 Å². The van der Waals surface area contributed by atoms with Crippen LogP contribution in [0.1, 0.15) is 5.56 Å². The van der Waals surface area contributed by atoms with E-state index in [2.05, 4.69) is 22.8 Å². The van der Waals surface area contributed by atoms with Gasteiger partial charge in [0.05, 0.1) is 11.4 Å². The van der Waals surface area contributed by atoms with Gasteiger partial charge in [-0.05, 0) is 17.7 Å². The van der Waals surface area contributed by atoms with Crippen molar-refractivity contribution in [1.82, 2.24) is 5.32 Å². The van der Waals surface area contributed by atoms with Crippen molar-refractivity contribution in [3.8, 4) is 0 Å². The molecule has 0 saturated carbocycles. The molecule has 1 heterocycles. The van der Waals surface area contributed by atoms with E-state index in [9.17, 15) is 4.79 Å². The Bertz CT molecular complexity index is 395. The van der Waals surface area contributed by atoms with Gasteiger partial charge in [-0.15, -0.1) is 11.8 Å². The highest BCUT2D eigenvalue weighted by Crippen LogP contribution is 2.31. The third kappa shape index (κ3) is 2.75. The number of thioether (sulfide) groups is 1. The Labute approximate surface area is 99.0 Å². The summed E-state index contributed by atoms with van der Waals surface area (Å²) >= 11 is 1.58. The Balaban J connectivity index is 2.06. The predicted octanol–water partition coefficient (Wildman–Crippen LogP) is 0.779. The third-order valence-corrected chi connectivity index (χ3v) is 3.40. The molecule has 0 aromatic heterocycles. The molecular formula is C11H15N3OS. The van der Waals surface area contributed by atoms with Gasteiger partial charge in [0.2, 0.25) is 5.91 Å². The molecule has 16 heavy (non-hydrogen) atoms. The lowest BCUT2D eigenvalue weighted by atomic mass is 10.2. The molecule has 0 atom stereocenters. The van der Waals surface area contributed by atoms with Gasteiger partial charge in [-0.3, -0.25) is 4.79 Å². The van der Waals surface area contributed by atoms with Crippen LogP contribution in [0.25, 0.3) is 0 Å². The maximum Gasteiger partial charge on any atom is 0.234 e. The van der Waals surface area contributed by atoms with Crippen molar-refractivity contribution >= 4 is 23.4 Å². The molecule has 5 heteroatoms. The van der Waals surface area contributed by atoms with Gasteiger partial charge >= 0.3 is 0 Å². The lowest BCUT2D eigenvalue weighted by Crippen LogP contribution is -2.22. The van der Waals surface area contributed by atoms with Crippen molar-refractivity contribution in [3.05, 3.63) is 23.8 Å². The van der Waals surface area contributed by atoms with E-state index in [0.717, 1.165) is 29.2 Å². The summed E-state index contributed by atoms with van der Waals surface area (Å²) in [5, 5.41) is 6.10. The molecular weight excluding hydrogens is 222 g/mol. The number of nitrogens with two attached hydrogens (primary N) is 1. The lowest BCUT2D eigenvalue weighted by molar-refractivity contribution is -0.113. The summed E-state index contributed by atoms with van der Waals surface area (Å²) in [6.07, 6.45) is 0. The van der Waals surface area contributed by atoms with Crippen LogP contribution in [0, 0.1) is 0 Å². The molecule has 0 unspecified atom stereocenters. The molecule has 0 fully saturated rings. The summed E-state index contributed by atoms with van der Waals surface area (Å²) in [6.45, 7) is 2.22. The molecule has 0 radical (unpaired) electrons. The Hall–Kier alpha value is -1.04. The maximum absolute atomic E-state index is 11.2. The van der Waals surface area contributed by atoms with E-state index >= 15 is 0 Å². The van der Waals surface area contributed by atoms with Gasteiger partial charge in [0, 0.05) is 24.5 Å². The number of hydrogen-bond acceptors (Lipinski definition) is 4. The second kappa shape index (κ2) is 5.34. The number of hydrogen-bond donors (Lipinski definition) is 3. The minimum atomic E-state index is 0.0737. The van der Waals surface area contributed by atoms with Crippen LogP contribution in [-0.4, -0.2) is 24.7 Å². The van der Waals surface area contributed by atoms with E-state index in [1.54, 1.807) is 11.8 Å². The Kier molecular flexibility index (Phi) is 3.82. The first-order chi connectivity index (χ1) is 7.79. The summed E-state index contributed by atoms with van der Waals surface area (Å²) in [5.74, 6) is 0.585. The maximum atomic E-state index is 11.2. The molecule has 1 aliphatic rings. The Morgan fingerprint density at radius 1 is 1.50 bits per heavy atom. The molecule has 86 valence electrons. The van der Waals surface area contributed by atoms with Crippen molar-refractivity contribution in [3.63, 3.8) is 0 Å². The van der Waals surface area contributed by atoms with Crippen molar-refractivity contribution in [2.75, 3.05) is 24.2 Å². The number of fused-ring (bicyclic) bond motifs is 1. The molecule has 1 aliphatic heterocycles. The average Bonchev–Trinajstić information content (AvgIpc) is 2.29. The number of anilines is 1. The summed E-state index contributed by atoms with van der Waals surface area (Å²) in [7, 11) is 0. The van der Waals surface area contributed by atoms with Crippen LogP contribution >= 0.6 is 11.8 Å². The van der Waals surface area contributed by atoms with Crippen LogP contribution in [0.3, 0.4) is 0 Å². The monoisotopic (exact) mass is 237 g/mol. The largest absolute Gasteiger partial charge is 0.329 e. The van der Waals surface area contributed by atoms with Crippen LogP contribution < -0.4 is 16.4 Å². The Morgan fingerprint density at radius 3 is 3.19 bits per heavy atom. The molecule has 0 bridgehead atoms. The topological polar surface area (TPSA) is 67.2 Å². The fourth-order valence-electron chi connectivity index (χ4n) is 1.58. The van der Waals surface area contributed by atoms with Crippen LogP contribution in [0.5, 0.6) is 0 Å². The highest BCUT2D eigenvalue weighted by molar-refractivity contribution is 8.00. The molecule has 4 N–H and O–H groups in total. The van der Waals surface area contributed by atoms with E-state index in [0.29, 0.717) is 12.3 Å². The summed E-state index contributed by atoms with van der Waals surface area (Å²) < 4.78 is 0. The minimum Gasteiger partial charge on any atom is -0.329 e. The summed E-state index contributed by atoms with van der Waals surface area (Å²) in [6, 6.07) is 6.15. The number of nitrogens with one attached hydrogen (secondary N) is 2. The first-order valence-corrected chi connectivity index (χ1v) is 6.24. The van der Waals surface area contributed by atoms with Gasteiger partial charge in [-0.2, -0.15) is 0 Å². The Morgan fingerprint density at radius 2 is 2.38 bits per heavy atom. The van der Waals surface area contributed by atoms with Gasteiger partial charge in [0.1, 0.15) is 0 Å². The third-order valence-electron chi connectivity index (χ3n) is 2.33. The van der Waals surface area contributed by atoms with Crippen LogP contribution in [0.2, 0.25) is 0 Å². The fourth-order valence-corrected chi connectivity index (χ4v) is 2.36. The molecule has 4 nitrogen and oxygen atoms in total. The molecule has 0 saturated heterocycles. The zero-order valence-electron chi connectivity index (χ0n) is 8.95. The number of carbonyl (C=O) groups is 1. The normalized spacial score (nSPS) is 14.4. The van der Waals surface area contributed by atoms with Crippen LogP contribution in [0.4, 0.5) is 5.69 Å². The molecule has 0 aliphatic carbocycles. The minimum absolute atomic E-state index is 0.0737. The van der Waals surface area contributed by atoms with Gasteiger partial charge in [0.15, 0.2) is 0 Å². The van der Waals surface area contributed by atoms with E-state index in [1.165, 1.54) is 0 Å². The van der Waals surface area contributed by atoms with Crippen LogP contribution in [-0.2, 0) is 11.3 Å². The predicted molar refractivity (Wildman–Crippen MR) is 66.6 cm³/mol. The molecule has 1 aromatic rings. The fraction of sp³-hybridized carbons (Fsp3) is 0.364. The van der Waals surface area contributed by atoms with Gasteiger partial charge in [-0.1, -0.05) is 6.07 Å². The van der Waals surface area contributed by atoms with Crippen molar-refractivity contribution in [2.45, 2.75) is 11.4 Å². The quantitative estimate of drug-likeness (QED) is 0.677. The standard InChI is InChI=1S/C11H15N3OS/c12-3-4-13-6-8-1-2-10-9(5-8)14-11(15)7-16-10/h1-2,5,13H,3-4,6-7,12H2,(H,14,15). The lowest BCUT2D eigenvalue weighted by Gasteiger charge is -2.17. The molecule has 1 aromatic carbocycles. The highest BCUT2D eigenvalue weighted by Gasteiger charge is 2.14. The SMILES string of the molecule is NCCNCc1ccc2c(c1)NC(=O)CS2. The summed E-state index contributed by atoms with van der Waals surface area (Å²) in [5.41, 5.74) is 7.49. The van der Waals surface area contributed by atoms with E-state index in [-0.39, 0.29) is 5.91 Å². The van der Waals surface area contributed by atoms with Crippen LogP contribution in [0.15, 0.2) is 23.1 Å². The second-order valence-corrected chi connectivity index (χ2v) is 4.65. The van der Waals surface area contributed by atoms with E-state index in [1.807, 2.05) is 6.07 Å². The molecule has 2 rings (SSSR count). The van der Waals surface area contributed by atoms with E-state index in [4.69, 9.17) is 5.73 Å². The van der Waals surface area contributed by atoms with Gasteiger partial charge in [0.25, 0.3) is 0 Å². The van der Waals surface area contributed by atoms with Crippen molar-refractivity contribution in [2.24, 2.45) is 5.73 Å². The molecule has 1 amide bonds. The average molecular weight is 237 g/mol. The first-order valence-electron chi connectivity index (χ1n) is 5.26. The zero-order valence-corrected chi connectivity index (χ0v) is 9.77. The number of carbonyl (C=O) groups excluding carboxylic acids is 1. The van der Waals surface area contributed by atoms with Gasteiger partial charge < -0.3 is 16.4 Å². The number of rotatable bonds is 4. The highest BCUT2D eigenvalue weighted by atomic mass is 32.2. The van der Waals surface area contributed by atoms with Crippen molar-refractivity contribution < 1.29 is 4.79 Å². The summed E-state index contributed by atoms with van der Waals surface area (Å²) in [4.78, 5) is 12.4. The smallest absolute Gasteiger partial charge is 0.234 e. The number of benzene rings is 1. The zero-order chi connectivity index (χ0) is 11.4. The second-order valence-electron chi connectivity index (χ2n) is 3.63. The van der Waals surface area contributed by atoms with Crippen molar-refractivity contribution in [1.29, 1.82) is 0 Å². The first kappa shape index (κ1) is 11.4. The van der Waals surface area contributed by atoms with E-state index < -0.39 is 0 Å². The number of amides is 1.